The van der Waals surface area contributed by atoms with Crippen LogP contribution in [0.4, 0.5) is 16.2 Å². The van der Waals surface area contributed by atoms with E-state index in [2.05, 4.69) is 0 Å². The van der Waals surface area contributed by atoms with Gasteiger partial charge in [-0.25, -0.2) is 4.90 Å². The second-order valence-electron chi connectivity index (χ2n) is 6.70. The number of carboxylic acids is 1. The maximum atomic E-state index is 13.0. The van der Waals surface area contributed by atoms with Gasteiger partial charge in [-0.05, 0) is 61.0 Å². The number of rotatable bonds is 5. The van der Waals surface area contributed by atoms with Crippen molar-refractivity contribution in [3.8, 4) is 0 Å². The van der Waals surface area contributed by atoms with Crippen LogP contribution in [0.25, 0.3) is 0 Å². The van der Waals surface area contributed by atoms with E-state index >= 15 is 0 Å². The number of hydrogen-bond donors (Lipinski definition) is 2. The summed E-state index contributed by atoms with van der Waals surface area (Å²) in [7, 11) is 0. The molecule has 0 spiro atoms. The molecule has 1 atom stereocenters. The highest BCUT2D eigenvalue weighted by Gasteiger charge is 2.44. The molecule has 0 saturated carbocycles. The van der Waals surface area contributed by atoms with Gasteiger partial charge in [0.05, 0.1) is 12.2 Å². The molecule has 1 saturated heterocycles. The van der Waals surface area contributed by atoms with E-state index in [1.165, 1.54) is 0 Å². The predicted octanol–water partition coefficient (Wildman–Crippen LogP) is 2.91. The number of primary amides is 1. The molecular formula is C21H23N3O5S. The van der Waals surface area contributed by atoms with E-state index in [0.29, 0.717) is 11.4 Å². The van der Waals surface area contributed by atoms with E-state index in [1.807, 2.05) is 38.1 Å². The Morgan fingerprint density at radius 3 is 2.20 bits per heavy atom. The minimum atomic E-state index is -0.836. The molecule has 3 N–H and O–H groups in total. The maximum absolute atomic E-state index is 13.0. The Morgan fingerprint density at radius 2 is 1.67 bits per heavy atom. The lowest BCUT2D eigenvalue weighted by Crippen LogP contribution is -2.45. The van der Waals surface area contributed by atoms with Crippen LogP contribution in [0.1, 0.15) is 18.1 Å². The number of amides is 3. The molecule has 1 fully saturated rings. The van der Waals surface area contributed by atoms with Gasteiger partial charge in [0, 0.05) is 12.6 Å². The van der Waals surface area contributed by atoms with Crippen molar-refractivity contribution in [1.29, 1.82) is 0 Å². The van der Waals surface area contributed by atoms with E-state index < -0.39 is 17.3 Å². The van der Waals surface area contributed by atoms with Crippen LogP contribution in [-0.2, 0) is 14.4 Å². The van der Waals surface area contributed by atoms with Crippen LogP contribution in [0.3, 0.4) is 0 Å². The molecule has 0 aromatic heterocycles. The molecule has 9 heteroatoms. The Labute approximate surface area is 178 Å². The number of carboxylic acid groups (broad SMARTS) is 1. The fourth-order valence-corrected chi connectivity index (χ4v) is 3.90. The molecule has 0 radical (unpaired) electrons. The van der Waals surface area contributed by atoms with Crippen LogP contribution in [0.15, 0.2) is 48.5 Å². The zero-order valence-electron chi connectivity index (χ0n) is 16.9. The minimum absolute atomic E-state index is 0.151. The summed E-state index contributed by atoms with van der Waals surface area (Å²) in [5, 5.41) is 6.21. The van der Waals surface area contributed by atoms with Gasteiger partial charge >= 0.3 is 0 Å². The molecule has 1 unspecified atom stereocenters. The third-order valence-corrected chi connectivity index (χ3v) is 5.09. The van der Waals surface area contributed by atoms with Crippen LogP contribution in [0.5, 0.6) is 0 Å². The van der Waals surface area contributed by atoms with E-state index in [4.69, 9.17) is 15.6 Å². The monoisotopic (exact) mass is 429 g/mol. The van der Waals surface area contributed by atoms with Gasteiger partial charge in [-0.15, -0.1) is 0 Å². The maximum Gasteiger partial charge on any atom is 0.300 e. The summed E-state index contributed by atoms with van der Waals surface area (Å²) in [6, 6.07) is 14.6. The lowest BCUT2D eigenvalue weighted by atomic mass is 10.2. The number of benzene rings is 2. The number of nitrogens with zero attached hydrogens (tertiary/aromatic N) is 2. The highest BCUT2D eigenvalue weighted by atomic mass is 32.2. The first-order chi connectivity index (χ1) is 14.1. The molecule has 30 heavy (non-hydrogen) atoms. The minimum Gasteiger partial charge on any atom is -0.481 e. The lowest BCUT2D eigenvalue weighted by molar-refractivity contribution is -0.134. The molecule has 0 aliphatic carbocycles. The summed E-state index contributed by atoms with van der Waals surface area (Å²) >= 11 is 0.889. The third kappa shape index (κ3) is 5.84. The van der Waals surface area contributed by atoms with Gasteiger partial charge in [-0.3, -0.25) is 19.2 Å². The summed E-state index contributed by atoms with van der Waals surface area (Å²) in [5.41, 5.74) is 8.51. The second kappa shape index (κ2) is 9.93. The molecule has 158 valence electrons. The molecule has 3 rings (SSSR count). The van der Waals surface area contributed by atoms with Gasteiger partial charge in [-0.1, -0.05) is 24.3 Å². The summed E-state index contributed by atoms with van der Waals surface area (Å²) in [6.45, 7) is 4.74. The number of carbonyl (C=O) groups excluding carboxylic acids is 3. The fourth-order valence-electron chi connectivity index (χ4n) is 2.88. The Hall–Kier alpha value is -3.33. The van der Waals surface area contributed by atoms with Crippen LogP contribution in [-0.4, -0.2) is 40.0 Å². The van der Waals surface area contributed by atoms with Crippen molar-refractivity contribution in [2.45, 2.75) is 26.1 Å². The van der Waals surface area contributed by atoms with Crippen LogP contribution in [0.2, 0.25) is 0 Å². The summed E-state index contributed by atoms with van der Waals surface area (Å²) in [4.78, 5) is 48.8. The van der Waals surface area contributed by atoms with E-state index in [0.717, 1.165) is 34.7 Å². The third-order valence-electron chi connectivity index (χ3n) is 4.03. The predicted molar refractivity (Wildman–Crippen MR) is 116 cm³/mol. The molecule has 0 bridgehead atoms. The number of imide groups is 1. The normalized spacial score (nSPS) is 15.4. The molecule has 2 aromatic rings. The van der Waals surface area contributed by atoms with Gasteiger partial charge < -0.3 is 15.7 Å². The van der Waals surface area contributed by atoms with Gasteiger partial charge in [0.2, 0.25) is 5.91 Å². The first-order valence-electron chi connectivity index (χ1n) is 9.02. The average molecular weight is 429 g/mol. The SMILES string of the molecule is CC(=O)O.Cc1cccc(N2C(=O)SC(N(CC(N)=O)c3cccc(C)c3)C2=O)c1. The van der Waals surface area contributed by atoms with Crippen molar-refractivity contribution in [2.75, 3.05) is 16.3 Å². The highest BCUT2D eigenvalue weighted by molar-refractivity contribution is 8.16. The molecule has 1 heterocycles. The molecule has 3 amide bonds. The number of carbonyl (C=O) groups is 4. The summed E-state index contributed by atoms with van der Waals surface area (Å²) in [6.07, 6.45) is 0. The standard InChI is InChI=1S/C19H19N3O3S.C2H4O2/c1-12-5-3-7-14(9-12)21(11-16(20)23)18-17(24)22(19(25)26-18)15-8-4-6-13(2)10-15;1-2(3)4/h3-10,18H,11H2,1-2H3,(H2,20,23);1H3,(H,3,4). The van der Waals surface area contributed by atoms with Crippen molar-refractivity contribution in [1.82, 2.24) is 0 Å². The summed E-state index contributed by atoms with van der Waals surface area (Å²) < 4.78 is 0. The van der Waals surface area contributed by atoms with Crippen LogP contribution >= 0.6 is 11.8 Å². The molecule has 2 aromatic carbocycles. The Kier molecular flexibility index (Phi) is 7.60. The quantitative estimate of drug-likeness (QED) is 0.749. The fraction of sp³-hybridized carbons (Fsp3) is 0.238. The largest absolute Gasteiger partial charge is 0.481 e. The molecular weight excluding hydrogens is 406 g/mol. The first kappa shape index (κ1) is 23.0. The molecule has 1 aliphatic heterocycles. The number of nitrogens with two attached hydrogens (primary N) is 1. The van der Waals surface area contributed by atoms with Gasteiger partial charge in [-0.2, -0.15) is 0 Å². The van der Waals surface area contributed by atoms with Crippen LogP contribution in [0, 0.1) is 13.8 Å². The highest BCUT2D eigenvalue weighted by Crippen LogP contribution is 2.36. The molecule has 1 aliphatic rings. The number of anilines is 2. The van der Waals surface area contributed by atoms with E-state index in [1.54, 1.807) is 29.2 Å². The smallest absolute Gasteiger partial charge is 0.300 e. The van der Waals surface area contributed by atoms with Crippen molar-refractivity contribution < 1.29 is 24.3 Å². The molecule has 8 nitrogen and oxygen atoms in total. The van der Waals surface area contributed by atoms with Gasteiger partial charge in [0.15, 0.2) is 5.37 Å². The number of hydrogen-bond acceptors (Lipinski definition) is 6. The second-order valence-corrected chi connectivity index (χ2v) is 7.73. The van der Waals surface area contributed by atoms with Crippen molar-refractivity contribution >= 4 is 46.2 Å². The topological polar surface area (TPSA) is 121 Å². The lowest BCUT2D eigenvalue weighted by Gasteiger charge is -2.27. The van der Waals surface area contributed by atoms with Crippen molar-refractivity contribution in [3.63, 3.8) is 0 Å². The Morgan fingerprint density at radius 1 is 1.10 bits per heavy atom. The van der Waals surface area contributed by atoms with Crippen molar-refractivity contribution in [2.24, 2.45) is 5.73 Å². The zero-order valence-corrected chi connectivity index (χ0v) is 17.7. The zero-order chi connectivity index (χ0) is 22.4. The van der Waals surface area contributed by atoms with E-state index in [-0.39, 0.29) is 17.7 Å². The number of thioether (sulfide) groups is 1. The van der Waals surface area contributed by atoms with E-state index in [9.17, 15) is 14.4 Å². The summed E-state index contributed by atoms with van der Waals surface area (Å²) in [5.74, 6) is -1.78. The average Bonchev–Trinajstić information content (AvgIpc) is 2.93. The first-order valence-corrected chi connectivity index (χ1v) is 9.90. The number of aryl methyl sites for hydroxylation is 2. The van der Waals surface area contributed by atoms with Crippen LogP contribution < -0.4 is 15.5 Å². The van der Waals surface area contributed by atoms with Gasteiger partial charge in [0.25, 0.3) is 17.1 Å². The Balaban J connectivity index is 0.000000735. The van der Waals surface area contributed by atoms with Gasteiger partial charge in [0.1, 0.15) is 0 Å². The number of aliphatic carboxylic acids is 1. The Bertz CT molecular complexity index is 975. The van der Waals surface area contributed by atoms with Crippen molar-refractivity contribution in [3.05, 3.63) is 59.7 Å².